The number of benzene rings is 1. The zero-order valence-electron chi connectivity index (χ0n) is 10.1. The molecule has 2 rings (SSSR count). The highest BCUT2D eigenvalue weighted by atomic mass is 32.1. The Morgan fingerprint density at radius 2 is 2.19 bits per heavy atom. The Kier molecular flexibility index (Phi) is 4.17. The van der Waals surface area contributed by atoms with Crippen molar-refractivity contribution in [2.75, 3.05) is 5.73 Å². The summed E-state index contributed by atoms with van der Waals surface area (Å²) in [5, 5.41) is 3.47. The molecular weight excluding hydrogens is 309 g/mol. The Hall–Kier alpha value is -2.49. The van der Waals surface area contributed by atoms with Crippen molar-refractivity contribution in [3.63, 3.8) is 0 Å². The summed E-state index contributed by atoms with van der Waals surface area (Å²) >= 11 is 0.828. The van der Waals surface area contributed by atoms with Crippen molar-refractivity contribution in [1.29, 1.82) is 0 Å². The standard InChI is InChI=1S/C11H6F3N4O2S/c12-11(13,14)6-2-1-3-7(4-6)20-17-8(5-19)9-16-10(15)21-18-9/h1-4H,(H2,15,16,18)/b17-8-. The minimum atomic E-state index is -4.51. The highest BCUT2D eigenvalue weighted by Gasteiger charge is 2.30. The molecule has 10 heteroatoms. The third-order valence-electron chi connectivity index (χ3n) is 2.15. The van der Waals surface area contributed by atoms with Gasteiger partial charge in [0.25, 0.3) is 6.29 Å². The van der Waals surface area contributed by atoms with Crippen molar-refractivity contribution in [3.8, 4) is 5.75 Å². The summed E-state index contributed by atoms with van der Waals surface area (Å²) < 4.78 is 41.3. The van der Waals surface area contributed by atoms with Crippen LogP contribution in [0.25, 0.3) is 0 Å². The summed E-state index contributed by atoms with van der Waals surface area (Å²) in [6.45, 7) is 0. The average Bonchev–Trinajstić information content (AvgIpc) is 2.85. The third-order valence-corrected chi connectivity index (χ3v) is 2.70. The van der Waals surface area contributed by atoms with E-state index in [1.54, 1.807) is 0 Å². The fourth-order valence-corrected chi connectivity index (χ4v) is 1.70. The molecule has 0 spiro atoms. The molecule has 0 unspecified atom stereocenters. The van der Waals surface area contributed by atoms with E-state index in [1.807, 2.05) is 0 Å². The molecule has 0 aliphatic rings. The van der Waals surface area contributed by atoms with Gasteiger partial charge in [-0.25, -0.2) is 0 Å². The largest absolute Gasteiger partial charge is 0.416 e. The van der Waals surface area contributed by atoms with E-state index in [0.29, 0.717) is 0 Å². The summed E-state index contributed by atoms with van der Waals surface area (Å²) in [5.41, 5.74) is 4.04. The SMILES string of the molecule is Nc1nc(/C([C]=O)=N\Oc2cccc(C(F)(F)F)c2)ns1. The number of nitrogen functional groups attached to an aromatic ring is 1. The Labute approximate surface area is 120 Å². The third kappa shape index (κ3) is 3.75. The average molecular weight is 315 g/mol. The van der Waals surface area contributed by atoms with Crippen LogP contribution < -0.4 is 10.6 Å². The first-order valence-electron chi connectivity index (χ1n) is 5.30. The van der Waals surface area contributed by atoms with Gasteiger partial charge in [-0.05, 0) is 18.2 Å². The van der Waals surface area contributed by atoms with Crippen LogP contribution in [0.2, 0.25) is 0 Å². The van der Waals surface area contributed by atoms with Crippen LogP contribution in [-0.4, -0.2) is 21.4 Å². The Morgan fingerprint density at radius 3 is 2.76 bits per heavy atom. The topological polar surface area (TPSA) is 90.5 Å². The van der Waals surface area contributed by atoms with Crippen molar-refractivity contribution in [2.24, 2.45) is 5.16 Å². The summed E-state index contributed by atoms with van der Waals surface area (Å²) in [5.74, 6) is -0.305. The van der Waals surface area contributed by atoms with Crippen LogP contribution >= 0.6 is 11.5 Å². The molecule has 2 N–H and O–H groups in total. The number of carbonyl (C=O) groups excluding carboxylic acids is 1. The summed E-state index contributed by atoms with van der Waals surface area (Å²) in [7, 11) is 0. The van der Waals surface area contributed by atoms with Gasteiger partial charge in [-0.15, -0.1) is 0 Å². The zero-order chi connectivity index (χ0) is 15.5. The lowest BCUT2D eigenvalue weighted by Crippen LogP contribution is -2.08. The maximum absolute atomic E-state index is 12.5. The molecule has 0 bridgehead atoms. The van der Waals surface area contributed by atoms with E-state index in [1.165, 1.54) is 12.4 Å². The second kappa shape index (κ2) is 5.87. The van der Waals surface area contributed by atoms with Crippen LogP contribution in [0.15, 0.2) is 29.4 Å². The predicted molar refractivity (Wildman–Crippen MR) is 68.6 cm³/mol. The normalized spacial score (nSPS) is 12.2. The van der Waals surface area contributed by atoms with Gasteiger partial charge in [0.05, 0.1) is 5.56 Å². The van der Waals surface area contributed by atoms with Gasteiger partial charge in [0.15, 0.2) is 16.6 Å². The molecule has 1 aromatic carbocycles. The number of nitrogens with zero attached hydrogens (tertiary/aromatic N) is 3. The van der Waals surface area contributed by atoms with E-state index < -0.39 is 17.5 Å². The molecule has 0 saturated carbocycles. The molecule has 0 saturated heterocycles. The van der Waals surface area contributed by atoms with Crippen molar-refractivity contribution < 1.29 is 22.8 Å². The molecule has 109 valence electrons. The lowest BCUT2D eigenvalue weighted by Gasteiger charge is -2.07. The molecule has 1 heterocycles. The number of hydrogen-bond donors (Lipinski definition) is 1. The summed E-state index contributed by atoms with van der Waals surface area (Å²) in [6.07, 6.45) is -3.08. The predicted octanol–water partition coefficient (Wildman–Crippen LogP) is 2.03. The van der Waals surface area contributed by atoms with Crippen molar-refractivity contribution in [3.05, 3.63) is 35.7 Å². The zero-order valence-corrected chi connectivity index (χ0v) is 10.9. The number of rotatable bonds is 4. The number of hydrogen-bond acceptors (Lipinski definition) is 7. The first-order chi connectivity index (χ1) is 9.90. The maximum atomic E-state index is 12.5. The van der Waals surface area contributed by atoms with E-state index in [-0.39, 0.29) is 16.7 Å². The van der Waals surface area contributed by atoms with Crippen molar-refractivity contribution in [1.82, 2.24) is 9.36 Å². The fourth-order valence-electron chi connectivity index (χ4n) is 1.26. The minimum absolute atomic E-state index is 0.104. The number of nitrogens with two attached hydrogens (primary N) is 1. The minimum Gasteiger partial charge on any atom is -0.374 e. The van der Waals surface area contributed by atoms with Gasteiger partial charge < -0.3 is 10.6 Å². The van der Waals surface area contributed by atoms with Crippen molar-refractivity contribution >= 4 is 28.7 Å². The number of anilines is 1. The molecule has 1 radical (unpaired) electrons. The molecule has 0 amide bonds. The lowest BCUT2D eigenvalue weighted by atomic mass is 10.2. The van der Waals surface area contributed by atoms with E-state index in [9.17, 15) is 18.0 Å². The molecule has 1 aromatic heterocycles. The Balaban J connectivity index is 2.21. The highest BCUT2D eigenvalue weighted by molar-refractivity contribution is 7.09. The van der Waals surface area contributed by atoms with Gasteiger partial charge in [-0.1, -0.05) is 11.2 Å². The number of aromatic nitrogens is 2. The number of oxime groups is 1. The van der Waals surface area contributed by atoms with Crippen LogP contribution in [-0.2, 0) is 11.0 Å². The van der Waals surface area contributed by atoms with Crippen LogP contribution in [0.4, 0.5) is 18.3 Å². The van der Waals surface area contributed by atoms with E-state index >= 15 is 0 Å². The number of alkyl halides is 3. The highest BCUT2D eigenvalue weighted by Crippen LogP contribution is 2.31. The van der Waals surface area contributed by atoms with Crippen LogP contribution in [0.1, 0.15) is 11.4 Å². The van der Waals surface area contributed by atoms with E-state index in [0.717, 1.165) is 29.7 Å². The quantitative estimate of drug-likeness (QED) is 0.688. The molecule has 0 aliphatic carbocycles. The Morgan fingerprint density at radius 1 is 1.43 bits per heavy atom. The molecule has 0 fully saturated rings. The van der Waals surface area contributed by atoms with E-state index in [4.69, 9.17) is 10.6 Å². The first kappa shape index (κ1) is 14.9. The number of halogens is 3. The molecule has 0 atom stereocenters. The molecule has 2 aromatic rings. The summed E-state index contributed by atoms with van der Waals surface area (Å²) in [4.78, 5) is 19.2. The second-order valence-corrected chi connectivity index (χ2v) is 4.40. The molecule has 6 nitrogen and oxygen atoms in total. The van der Waals surface area contributed by atoms with Gasteiger partial charge in [0.2, 0.25) is 5.82 Å². The smallest absolute Gasteiger partial charge is 0.374 e. The monoisotopic (exact) mass is 315 g/mol. The van der Waals surface area contributed by atoms with Crippen LogP contribution in [0.5, 0.6) is 5.75 Å². The van der Waals surface area contributed by atoms with Gasteiger partial charge >= 0.3 is 6.18 Å². The molecule has 21 heavy (non-hydrogen) atoms. The molecule has 0 aliphatic heterocycles. The second-order valence-electron chi connectivity index (χ2n) is 3.62. The van der Waals surface area contributed by atoms with Gasteiger partial charge in [-0.3, -0.25) is 4.79 Å². The van der Waals surface area contributed by atoms with Crippen LogP contribution in [0.3, 0.4) is 0 Å². The maximum Gasteiger partial charge on any atom is 0.416 e. The van der Waals surface area contributed by atoms with E-state index in [2.05, 4.69) is 14.5 Å². The van der Waals surface area contributed by atoms with Gasteiger partial charge in [0, 0.05) is 11.5 Å². The fraction of sp³-hybridized carbons (Fsp3) is 0.0909. The van der Waals surface area contributed by atoms with Gasteiger partial charge in [-0.2, -0.15) is 22.5 Å². The summed E-state index contributed by atoms with van der Waals surface area (Å²) in [6, 6.07) is 4.03. The lowest BCUT2D eigenvalue weighted by molar-refractivity contribution is -0.137. The first-order valence-corrected chi connectivity index (χ1v) is 6.07. The van der Waals surface area contributed by atoms with Crippen molar-refractivity contribution in [2.45, 2.75) is 6.18 Å². The molecular formula is C11H6F3N4O2S. The van der Waals surface area contributed by atoms with Gasteiger partial charge in [0.1, 0.15) is 0 Å². The Bertz CT molecular complexity index is 684. The van der Waals surface area contributed by atoms with Crippen LogP contribution in [0, 0.1) is 0 Å².